The fourth-order valence-electron chi connectivity index (χ4n) is 1.09. The third kappa shape index (κ3) is 1.87. The molecule has 0 spiro atoms. The SMILES string of the molecule is Cc1ncc(C(=O)NC2CC2N)s1. The highest BCUT2D eigenvalue weighted by Crippen LogP contribution is 2.19. The summed E-state index contributed by atoms with van der Waals surface area (Å²) in [4.78, 5) is 16.1. The molecule has 1 aromatic heterocycles. The van der Waals surface area contributed by atoms with E-state index in [0.717, 1.165) is 11.4 Å². The number of carbonyl (C=O) groups excluding carboxylic acids is 1. The lowest BCUT2D eigenvalue weighted by Gasteiger charge is -1.98. The van der Waals surface area contributed by atoms with Gasteiger partial charge in [-0.05, 0) is 13.3 Å². The van der Waals surface area contributed by atoms with E-state index in [1.807, 2.05) is 6.92 Å². The molecule has 0 bridgehead atoms. The Labute approximate surface area is 80.2 Å². The Kier molecular flexibility index (Phi) is 2.05. The van der Waals surface area contributed by atoms with Crippen molar-refractivity contribution in [1.82, 2.24) is 10.3 Å². The summed E-state index contributed by atoms with van der Waals surface area (Å²) in [5.74, 6) is -0.0523. The van der Waals surface area contributed by atoms with Crippen LogP contribution in [0.1, 0.15) is 21.1 Å². The molecule has 1 aliphatic carbocycles. The summed E-state index contributed by atoms with van der Waals surface area (Å²) in [5, 5.41) is 3.75. The summed E-state index contributed by atoms with van der Waals surface area (Å²) >= 11 is 1.40. The molecule has 1 aliphatic rings. The van der Waals surface area contributed by atoms with Crippen molar-refractivity contribution in [2.24, 2.45) is 5.73 Å². The van der Waals surface area contributed by atoms with Crippen LogP contribution in [-0.2, 0) is 0 Å². The molecule has 1 heterocycles. The summed E-state index contributed by atoms with van der Waals surface area (Å²) < 4.78 is 0. The smallest absolute Gasteiger partial charge is 0.263 e. The van der Waals surface area contributed by atoms with Crippen molar-refractivity contribution in [3.63, 3.8) is 0 Å². The van der Waals surface area contributed by atoms with Crippen LogP contribution < -0.4 is 11.1 Å². The zero-order valence-corrected chi connectivity index (χ0v) is 8.10. The Morgan fingerprint density at radius 3 is 3.00 bits per heavy atom. The largest absolute Gasteiger partial charge is 0.347 e. The molecule has 0 aromatic carbocycles. The second kappa shape index (κ2) is 3.08. The minimum Gasteiger partial charge on any atom is -0.347 e. The molecule has 0 saturated heterocycles. The summed E-state index contributed by atoms with van der Waals surface area (Å²) in [6.45, 7) is 1.88. The van der Waals surface area contributed by atoms with E-state index >= 15 is 0 Å². The van der Waals surface area contributed by atoms with E-state index < -0.39 is 0 Å². The van der Waals surface area contributed by atoms with Gasteiger partial charge in [0.1, 0.15) is 4.88 Å². The number of carbonyl (C=O) groups is 1. The van der Waals surface area contributed by atoms with Gasteiger partial charge in [0.05, 0.1) is 11.2 Å². The lowest BCUT2D eigenvalue weighted by Crippen LogP contribution is -2.28. The molecule has 70 valence electrons. The number of rotatable bonds is 2. The number of nitrogens with zero attached hydrogens (tertiary/aromatic N) is 1. The summed E-state index contributed by atoms with van der Waals surface area (Å²) in [6, 6.07) is 0.327. The zero-order chi connectivity index (χ0) is 9.42. The highest BCUT2D eigenvalue weighted by molar-refractivity contribution is 7.13. The molecule has 4 nitrogen and oxygen atoms in total. The van der Waals surface area contributed by atoms with Crippen LogP contribution >= 0.6 is 11.3 Å². The average molecular weight is 197 g/mol. The van der Waals surface area contributed by atoms with Crippen molar-refractivity contribution in [2.45, 2.75) is 25.4 Å². The van der Waals surface area contributed by atoms with Crippen LogP contribution in [0.15, 0.2) is 6.20 Å². The minimum absolute atomic E-state index is 0.0523. The van der Waals surface area contributed by atoms with Crippen LogP contribution in [-0.4, -0.2) is 23.0 Å². The van der Waals surface area contributed by atoms with E-state index in [4.69, 9.17) is 5.73 Å². The van der Waals surface area contributed by atoms with Crippen molar-refractivity contribution in [2.75, 3.05) is 0 Å². The topological polar surface area (TPSA) is 68.0 Å². The number of nitrogens with one attached hydrogen (secondary N) is 1. The van der Waals surface area contributed by atoms with Crippen LogP contribution in [0.5, 0.6) is 0 Å². The number of hydrogen-bond donors (Lipinski definition) is 2. The highest BCUT2D eigenvalue weighted by atomic mass is 32.1. The molecule has 1 fully saturated rings. The van der Waals surface area contributed by atoms with Crippen molar-refractivity contribution in [3.05, 3.63) is 16.1 Å². The number of hydrogen-bond acceptors (Lipinski definition) is 4. The maximum Gasteiger partial charge on any atom is 0.263 e. The molecule has 2 atom stereocenters. The van der Waals surface area contributed by atoms with Gasteiger partial charge in [0.25, 0.3) is 5.91 Å². The monoisotopic (exact) mass is 197 g/mol. The lowest BCUT2D eigenvalue weighted by atomic mass is 10.5. The van der Waals surface area contributed by atoms with E-state index in [9.17, 15) is 4.79 Å². The quantitative estimate of drug-likeness (QED) is 0.715. The fourth-order valence-corrected chi connectivity index (χ4v) is 1.77. The molecule has 2 rings (SSSR count). The van der Waals surface area contributed by atoms with Gasteiger partial charge in [0.15, 0.2) is 0 Å². The van der Waals surface area contributed by atoms with Gasteiger partial charge in [-0.2, -0.15) is 0 Å². The second-order valence-electron chi connectivity index (χ2n) is 3.22. The predicted molar refractivity (Wildman–Crippen MR) is 50.7 cm³/mol. The number of nitrogens with two attached hydrogens (primary N) is 1. The molecule has 1 saturated carbocycles. The third-order valence-electron chi connectivity index (χ3n) is 2.00. The summed E-state index contributed by atoms with van der Waals surface area (Å²) in [5.41, 5.74) is 5.57. The number of aromatic nitrogens is 1. The fraction of sp³-hybridized carbons (Fsp3) is 0.500. The summed E-state index contributed by atoms with van der Waals surface area (Å²) in [7, 11) is 0. The van der Waals surface area contributed by atoms with Gasteiger partial charge >= 0.3 is 0 Å². The Hall–Kier alpha value is -0.940. The van der Waals surface area contributed by atoms with Crippen LogP contribution in [0, 0.1) is 6.92 Å². The number of thiazole rings is 1. The molecular weight excluding hydrogens is 186 g/mol. The normalized spacial score (nSPS) is 25.7. The van der Waals surface area contributed by atoms with Crippen LogP contribution in [0.25, 0.3) is 0 Å². The van der Waals surface area contributed by atoms with Gasteiger partial charge in [0.2, 0.25) is 0 Å². The second-order valence-corrected chi connectivity index (χ2v) is 4.46. The van der Waals surface area contributed by atoms with Crippen molar-refractivity contribution < 1.29 is 4.79 Å². The molecule has 3 N–H and O–H groups in total. The molecule has 5 heteroatoms. The molecule has 0 aliphatic heterocycles. The van der Waals surface area contributed by atoms with Crippen molar-refractivity contribution >= 4 is 17.2 Å². The first-order valence-corrected chi connectivity index (χ1v) is 4.97. The number of aryl methyl sites for hydroxylation is 1. The van der Waals surface area contributed by atoms with Gasteiger partial charge in [-0.1, -0.05) is 0 Å². The van der Waals surface area contributed by atoms with Gasteiger partial charge < -0.3 is 11.1 Å². The predicted octanol–water partition coefficient (Wildman–Crippen LogP) is 0.281. The maximum absolute atomic E-state index is 11.5. The molecule has 1 amide bonds. The molecule has 0 radical (unpaired) electrons. The Bertz CT molecular complexity index is 336. The van der Waals surface area contributed by atoms with Gasteiger partial charge in [-0.25, -0.2) is 4.98 Å². The van der Waals surface area contributed by atoms with E-state index in [1.54, 1.807) is 6.20 Å². The Balaban J connectivity index is 1.97. The Morgan fingerprint density at radius 2 is 2.54 bits per heavy atom. The standard InChI is InChI=1S/C8H11N3OS/c1-4-10-3-7(13-4)8(12)11-6-2-5(6)9/h3,5-6H,2,9H2,1H3,(H,11,12). The average Bonchev–Trinajstić information content (AvgIpc) is 2.62. The molecule has 1 aromatic rings. The number of amides is 1. The zero-order valence-electron chi connectivity index (χ0n) is 7.28. The first kappa shape index (κ1) is 8.65. The van der Waals surface area contributed by atoms with Gasteiger partial charge in [-0.15, -0.1) is 11.3 Å². The van der Waals surface area contributed by atoms with Crippen LogP contribution in [0.4, 0.5) is 0 Å². The maximum atomic E-state index is 11.5. The molecule has 2 unspecified atom stereocenters. The van der Waals surface area contributed by atoms with Crippen molar-refractivity contribution in [3.8, 4) is 0 Å². The third-order valence-corrected chi connectivity index (χ3v) is 2.91. The first-order chi connectivity index (χ1) is 6.16. The molecular formula is C8H11N3OS. The van der Waals surface area contributed by atoms with E-state index in [2.05, 4.69) is 10.3 Å². The lowest BCUT2D eigenvalue weighted by molar-refractivity contribution is 0.0954. The molecule has 13 heavy (non-hydrogen) atoms. The minimum atomic E-state index is -0.0523. The summed E-state index contributed by atoms with van der Waals surface area (Å²) in [6.07, 6.45) is 2.49. The highest BCUT2D eigenvalue weighted by Gasteiger charge is 2.35. The first-order valence-electron chi connectivity index (χ1n) is 4.15. The van der Waals surface area contributed by atoms with Crippen molar-refractivity contribution in [1.29, 1.82) is 0 Å². The van der Waals surface area contributed by atoms with E-state index in [1.165, 1.54) is 11.3 Å². The Morgan fingerprint density at radius 1 is 1.85 bits per heavy atom. The van der Waals surface area contributed by atoms with Gasteiger partial charge in [0, 0.05) is 12.1 Å². The van der Waals surface area contributed by atoms with E-state index in [-0.39, 0.29) is 18.0 Å². The van der Waals surface area contributed by atoms with Gasteiger partial charge in [-0.3, -0.25) is 4.79 Å². The van der Waals surface area contributed by atoms with E-state index in [0.29, 0.717) is 4.88 Å². The van der Waals surface area contributed by atoms with Crippen LogP contribution in [0.3, 0.4) is 0 Å². The van der Waals surface area contributed by atoms with Crippen LogP contribution in [0.2, 0.25) is 0 Å².